The number of aromatic amines is 1. The number of allylic oxidation sites excluding steroid dienone is 1. The number of aromatic hydroxyl groups is 1. The number of ether oxygens (including phenoxy) is 3. The maximum Gasteiger partial charge on any atom is 0.534 e. The van der Waals surface area contributed by atoms with Crippen molar-refractivity contribution in [3.63, 3.8) is 0 Å². The van der Waals surface area contributed by atoms with E-state index in [1.54, 1.807) is 64.1 Å². The van der Waals surface area contributed by atoms with Crippen LogP contribution in [0.2, 0.25) is 0 Å². The summed E-state index contributed by atoms with van der Waals surface area (Å²) < 4.78 is 85.5. The number of alkyl halides is 3. The molecule has 6 aromatic carbocycles. The van der Waals surface area contributed by atoms with Gasteiger partial charge >= 0.3 is 50.2 Å². The lowest BCUT2D eigenvalue weighted by Gasteiger charge is -2.19. The number of hydrogen-bond acceptors (Lipinski definition) is 28. The number of anilines is 2. The van der Waals surface area contributed by atoms with Crippen LogP contribution >= 0.6 is 0 Å². The van der Waals surface area contributed by atoms with Crippen LogP contribution in [0.3, 0.4) is 0 Å². The number of halogens is 3. The van der Waals surface area contributed by atoms with Gasteiger partial charge in [0.2, 0.25) is 0 Å². The number of carbonyl (C=O) groups is 3. The van der Waals surface area contributed by atoms with E-state index in [2.05, 4.69) is 84.0 Å². The van der Waals surface area contributed by atoms with Gasteiger partial charge in [0.05, 0.1) is 75.5 Å². The molecule has 4 N–H and O–H groups in total. The lowest BCUT2D eigenvalue weighted by Crippen LogP contribution is -2.35. The minimum Gasteiger partial charge on any atom is -0.506 e. The molecule has 15 aromatic rings. The van der Waals surface area contributed by atoms with E-state index in [4.69, 9.17) is 33.6 Å². The fourth-order valence-electron chi connectivity index (χ4n) is 13.5. The quantitative estimate of drug-likeness (QED) is 0.0169. The first-order chi connectivity index (χ1) is 60.8. The molecule has 0 amide bonds. The molecule has 646 valence electrons. The number of nitrogens with zero attached hydrogens (tertiary/aromatic N) is 12. The Morgan fingerprint density at radius 1 is 0.476 bits per heavy atom. The molecule has 33 nitrogen and oxygen atoms in total. The van der Waals surface area contributed by atoms with E-state index < -0.39 is 83.9 Å². The van der Waals surface area contributed by atoms with Gasteiger partial charge in [-0.05, 0) is 112 Å². The predicted molar refractivity (Wildman–Crippen MR) is 458 cm³/mol. The average molecular weight is 1740 g/mol. The van der Waals surface area contributed by atoms with Crippen LogP contribution in [0.4, 0.5) is 24.5 Å². The topological polar surface area (TPSA) is 410 Å². The van der Waals surface area contributed by atoms with Gasteiger partial charge in [0.15, 0.2) is 45.0 Å². The van der Waals surface area contributed by atoms with Crippen molar-refractivity contribution in [1.82, 2.24) is 63.8 Å². The maximum atomic E-state index is 13.7. The van der Waals surface area contributed by atoms with Crippen molar-refractivity contribution in [3.05, 3.63) is 333 Å². The number of hydrogen-bond donors (Lipinski definition) is 4. The number of nitrogens with one attached hydrogen (secondary N) is 3. The summed E-state index contributed by atoms with van der Waals surface area (Å²) in [6.45, 7) is 12.5. The number of aryl methyl sites for hydroxylation is 4. The van der Waals surface area contributed by atoms with Gasteiger partial charge in [0.25, 0.3) is 5.56 Å². The lowest BCUT2D eigenvalue weighted by molar-refractivity contribution is -0.0500. The minimum atomic E-state index is -6.27. The van der Waals surface area contributed by atoms with Crippen LogP contribution in [0.25, 0.3) is 61.1 Å². The molecule has 37 heteroatoms. The molecule has 0 spiro atoms. The van der Waals surface area contributed by atoms with Crippen LogP contribution in [-0.2, 0) is 70.3 Å². The van der Waals surface area contributed by atoms with E-state index in [0.717, 1.165) is 77.6 Å². The summed E-state index contributed by atoms with van der Waals surface area (Å²) in [5.41, 5.74) is 1.30. The highest BCUT2D eigenvalue weighted by atomic mass is 32.2. The number of rotatable bonds is 26. The number of esters is 3. The number of aromatic nitrogens is 13. The highest BCUT2D eigenvalue weighted by Crippen LogP contribution is 2.36. The predicted octanol–water partition coefficient (Wildman–Crippen LogP) is 11.7. The Hall–Kier alpha value is -15.7. The van der Waals surface area contributed by atoms with E-state index in [1.807, 2.05) is 134 Å². The number of carbonyl (C=O) groups excluding carboxylic acids is 3. The molecule has 0 saturated heterocycles. The number of H-pyrrole nitrogens is 1. The first kappa shape index (κ1) is 88.1. The second kappa shape index (κ2) is 39.4. The molecule has 0 fully saturated rings. The molecule has 9 aromatic heterocycles. The van der Waals surface area contributed by atoms with Gasteiger partial charge in [0, 0.05) is 36.3 Å². The molecule has 0 bridgehead atoms. The van der Waals surface area contributed by atoms with E-state index in [1.165, 1.54) is 43.1 Å². The van der Waals surface area contributed by atoms with Crippen molar-refractivity contribution < 1.29 is 78.8 Å². The van der Waals surface area contributed by atoms with E-state index >= 15 is 0 Å². The summed E-state index contributed by atoms with van der Waals surface area (Å²) in [6.07, 6.45) is 12.1. The zero-order valence-electron chi connectivity index (χ0n) is 68.6. The molecular formula is C89H80F3N15O18S. The summed E-state index contributed by atoms with van der Waals surface area (Å²) in [5.74, 6) is -4.80. The molecule has 0 saturated carbocycles. The third-order valence-corrected chi connectivity index (χ3v) is 20.4. The van der Waals surface area contributed by atoms with Gasteiger partial charge in [0.1, 0.15) is 57.5 Å². The Morgan fingerprint density at radius 2 is 0.889 bits per heavy atom. The van der Waals surface area contributed by atoms with Gasteiger partial charge in [-0.15, -0.1) is 18.9 Å². The van der Waals surface area contributed by atoms with Crippen molar-refractivity contribution >= 4 is 101 Å². The summed E-state index contributed by atoms with van der Waals surface area (Å²) in [7, 11) is -6.27. The van der Waals surface area contributed by atoms with Crippen LogP contribution in [0.15, 0.2) is 227 Å². The van der Waals surface area contributed by atoms with Crippen molar-refractivity contribution in [2.24, 2.45) is 0 Å². The Balaban J connectivity index is 0.000000145. The first-order valence-corrected chi connectivity index (χ1v) is 40.5. The molecule has 16 rings (SSSR count). The van der Waals surface area contributed by atoms with Crippen LogP contribution in [-0.4, -0.2) is 121 Å². The summed E-state index contributed by atoms with van der Waals surface area (Å²) in [5, 5.41) is 19.3. The second-order valence-corrected chi connectivity index (χ2v) is 29.2. The molecule has 1 aliphatic rings. The fourth-order valence-corrected chi connectivity index (χ4v) is 14.0. The third-order valence-electron chi connectivity index (χ3n) is 19.4. The van der Waals surface area contributed by atoms with Crippen LogP contribution < -0.4 is 56.4 Å². The monoisotopic (exact) mass is 1740 g/mol. The van der Waals surface area contributed by atoms with Gasteiger partial charge in [-0.25, -0.2) is 54.3 Å². The lowest BCUT2D eigenvalue weighted by atomic mass is 10.0. The molecule has 0 aliphatic heterocycles. The number of benzene rings is 6. The maximum absolute atomic E-state index is 13.7. The van der Waals surface area contributed by atoms with Crippen LogP contribution in [0, 0.1) is 27.7 Å². The fraction of sp³-hybridized carbons (Fsp3) is 0.202. The normalized spacial score (nSPS) is 11.5. The summed E-state index contributed by atoms with van der Waals surface area (Å²) >= 11 is 0. The first-order valence-electron chi connectivity index (χ1n) is 39.1. The zero-order valence-corrected chi connectivity index (χ0v) is 69.4. The standard InChI is InChI=1S/C28H26N4O4.C24H21N5O2.C19H16F3N3O7S.C18H17N3O5/c1-3-35-28(34)24-25(29-15-21-13-7-11-20-12-8-14-22(20)21)23-18(2)30-17-31-26(23)32(27(24)33)36-16-19-9-5-4-6-10-19;1-16-23-21(26-13-18-8-5-9-20-19(18)10-11-25-20)12-22(30)29(24(23)28-15-27-16)31-14-17-6-3-2-4-7-17;1-3-30-18(27)14-15(32-33(28,29)19(20,21)22)13-11(2)23-10-24-16(13)25(17(14)26)31-9-12-7-5-4-6-8-12;1-3-25-18(24)14-15(22)13-11(2)19-10-20-16(13)21(17(14)23)26-9-12-7-5-4-6-8-12/h4-11,13-14,17,29H,3,12,15-16H2,1-2H3;2-12,15,25-26H,13-14H2,1H3;4-8,10H,3,9H2,1-2H3;4-8,10,22H,3,9H2,1-2H3. The van der Waals surface area contributed by atoms with Crippen LogP contribution in [0.1, 0.15) is 119 Å². The van der Waals surface area contributed by atoms with Crippen molar-refractivity contribution in [1.29, 1.82) is 0 Å². The van der Waals surface area contributed by atoms with E-state index in [0.29, 0.717) is 57.2 Å². The highest BCUT2D eigenvalue weighted by Gasteiger charge is 2.50. The molecule has 0 atom stereocenters. The Morgan fingerprint density at radius 3 is 1.40 bits per heavy atom. The van der Waals surface area contributed by atoms with Gasteiger partial charge in [-0.2, -0.15) is 21.6 Å². The van der Waals surface area contributed by atoms with Gasteiger partial charge in [-0.3, -0.25) is 19.2 Å². The Bertz CT molecular complexity index is 6980. The molecule has 1 aliphatic carbocycles. The Labute approximate surface area is 714 Å². The largest absolute Gasteiger partial charge is 0.534 e. The summed E-state index contributed by atoms with van der Waals surface area (Å²) in [6, 6.07) is 52.7. The summed E-state index contributed by atoms with van der Waals surface area (Å²) in [4.78, 5) is 149. The zero-order chi connectivity index (χ0) is 89.3. The number of fused-ring (bicyclic) bond motifs is 6. The minimum absolute atomic E-state index is 0.0604. The van der Waals surface area contributed by atoms with Crippen molar-refractivity contribution in [2.45, 2.75) is 99.9 Å². The van der Waals surface area contributed by atoms with Crippen molar-refractivity contribution in [3.8, 4) is 11.5 Å². The molecular weight excluding hydrogens is 1660 g/mol. The highest BCUT2D eigenvalue weighted by molar-refractivity contribution is 7.88. The average Bonchev–Trinajstić information content (AvgIpc) is 0.802. The van der Waals surface area contributed by atoms with Crippen LogP contribution in [0.5, 0.6) is 11.5 Å². The molecule has 0 unspecified atom stereocenters. The number of pyridine rings is 4. The Kier molecular flexibility index (Phi) is 27.6. The van der Waals surface area contributed by atoms with Gasteiger partial charge in [-0.1, -0.05) is 164 Å². The smallest absolute Gasteiger partial charge is 0.506 e. The van der Waals surface area contributed by atoms with Gasteiger partial charge < -0.3 is 58.5 Å². The molecule has 126 heavy (non-hydrogen) atoms. The third kappa shape index (κ3) is 19.4. The second-order valence-electron chi connectivity index (χ2n) is 27.6. The van der Waals surface area contributed by atoms with E-state index in [-0.39, 0.29) is 79.7 Å². The molecule has 9 heterocycles. The molecule has 0 radical (unpaired) electrons. The van der Waals surface area contributed by atoms with Crippen molar-refractivity contribution in [2.75, 3.05) is 30.5 Å². The SMILES string of the molecule is CCOC(=O)c1c(NCc2cccc3c2C=CC3)c2c(C)ncnc2n(OCc2ccccc2)c1=O.CCOC(=O)c1c(O)c2c(C)ncnc2n(OCc2ccccc2)c1=O.CCOC(=O)c1c(OS(=O)(=O)C(F)(F)F)c2c(C)ncnc2n(OCc2ccccc2)c1=O.Cc1ncnc2c1c(NCc1cccc3[nH]ccc13)cc(=O)n2OCc1ccccc1. The van der Waals surface area contributed by atoms with E-state index in [9.17, 15) is 60.3 Å².